The Hall–Kier alpha value is -0.220. The summed E-state index contributed by atoms with van der Waals surface area (Å²) in [5.41, 5.74) is 0. The van der Waals surface area contributed by atoms with E-state index in [2.05, 4.69) is 12.6 Å². The molecule has 4 heteroatoms. The molecule has 0 aliphatic carbocycles. The van der Waals surface area contributed by atoms with Gasteiger partial charge in [0.2, 0.25) is 0 Å². The van der Waals surface area contributed by atoms with Crippen molar-refractivity contribution in [1.82, 2.24) is 4.90 Å². The van der Waals surface area contributed by atoms with Crippen LogP contribution in [0, 0.1) is 5.92 Å². The lowest BCUT2D eigenvalue weighted by atomic mass is 9.96. The number of thiol groups is 1. The van der Waals surface area contributed by atoms with Crippen LogP contribution >= 0.6 is 12.6 Å². The average Bonchev–Trinajstić information content (AvgIpc) is 2.15. The van der Waals surface area contributed by atoms with Crippen LogP contribution in [0.5, 0.6) is 0 Å². The van der Waals surface area contributed by atoms with Crippen molar-refractivity contribution in [2.75, 3.05) is 26.8 Å². The summed E-state index contributed by atoms with van der Waals surface area (Å²) in [6.45, 7) is 2.57. The van der Waals surface area contributed by atoms with Gasteiger partial charge in [-0.25, -0.2) is 0 Å². The monoisotopic (exact) mass is 203 g/mol. The molecule has 1 saturated heterocycles. The van der Waals surface area contributed by atoms with E-state index in [9.17, 15) is 4.79 Å². The summed E-state index contributed by atoms with van der Waals surface area (Å²) in [6.07, 6.45) is 3.34. The minimum absolute atomic E-state index is 0.146. The molecule has 0 N–H and O–H groups in total. The SMILES string of the molecule is CN(CCC1CCOCC1)C(=O)S. The van der Waals surface area contributed by atoms with Gasteiger partial charge in [-0.1, -0.05) is 12.6 Å². The van der Waals surface area contributed by atoms with Crippen molar-refractivity contribution in [3.63, 3.8) is 0 Å². The van der Waals surface area contributed by atoms with E-state index < -0.39 is 0 Å². The van der Waals surface area contributed by atoms with Gasteiger partial charge >= 0.3 is 0 Å². The first-order chi connectivity index (χ1) is 6.20. The van der Waals surface area contributed by atoms with E-state index in [0.717, 1.165) is 44.9 Å². The summed E-state index contributed by atoms with van der Waals surface area (Å²) in [5, 5.41) is -0.146. The zero-order chi connectivity index (χ0) is 9.68. The summed E-state index contributed by atoms with van der Waals surface area (Å²) in [4.78, 5) is 12.4. The first kappa shape index (κ1) is 10.9. The maximum absolute atomic E-state index is 10.8. The summed E-state index contributed by atoms with van der Waals surface area (Å²) in [7, 11) is 1.79. The molecule has 1 fully saturated rings. The molecule has 0 aromatic heterocycles. The number of amides is 1. The summed E-state index contributed by atoms with van der Waals surface area (Å²) in [6, 6.07) is 0. The highest BCUT2D eigenvalue weighted by molar-refractivity contribution is 7.96. The van der Waals surface area contributed by atoms with Gasteiger partial charge in [0.05, 0.1) is 0 Å². The van der Waals surface area contributed by atoms with E-state index in [1.54, 1.807) is 11.9 Å². The standard InChI is InChI=1S/C9H17NO2S/c1-10(9(11)13)5-2-8-3-6-12-7-4-8/h8H,2-7H2,1H3,(H,11,13). The Balaban J connectivity index is 2.13. The minimum atomic E-state index is -0.146. The molecule has 0 bridgehead atoms. The number of carbonyl (C=O) groups is 1. The fourth-order valence-electron chi connectivity index (χ4n) is 1.51. The summed E-state index contributed by atoms with van der Waals surface area (Å²) < 4.78 is 5.26. The molecule has 3 nitrogen and oxygen atoms in total. The van der Waals surface area contributed by atoms with Gasteiger partial charge in [0, 0.05) is 26.8 Å². The van der Waals surface area contributed by atoms with Crippen molar-refractivity contribution >= 4 is 17.9 Å². The number of nitrogens with zero attached hydrogens (tertiary/aromatic N) is 1. The number of hydrogen-bond donors (Lipinski definition) is 1. The van der Waals surface area contributed by atoms with Crippen LogP contribution in [0.1, 0.15) is 19.3 Å². The molecule has 1 heterocycles. The van der Waals surface area contributed by atoms with E-state index in [-0.39, 0.29) is 5.24 Å². The average molecular weight is 203 g/mol. The Morgan fingerprint density at radius 2 is 2.15 bits per heavy atom. The van der Waals surface area contributed by atoms with Crippen LogP contribution < -0.4 is 0 Å². The normalized spacial score (nSPS) is 18.6. The molecule has 1 aliphatic rings. The van der Waals surface area contributed by atoms with Crippen LogP contribution in [0.2, 0.25) is 0 Å². The van der Waals surface area contributed by atoms with Gasteiger partial charge in [-0.05, 0) is 25.2 Å². The second kappa shape index (κ2) is 5.50. The number of hydrogen-bond acceptors (Lipinski definition) is 2. The van der Waals surface area contributed by atoms with Crippen LogP contribution in [0.3, 0.4) is 0 Å². The molecule has 0 unspecified atom stereocenters. The quantitative estimate of drug-likeness (QED) is 0.709. The zero-order valence-corrected chi connectivity index (χ0v) is 8.93. The van der Waals surface area contributed by atoms with Gasteiger partial charge < -0.3 is 9.64 Å². The lowest BCUT2D eigenvalue weighted by Crippen LogP contribution is -2.26. The number of carbonyl (C=O) groups excluding carboxylic acids is 1. The van der Waals surface area contributed by atoms with E-state index in [4.69, 9.17) is 4.74 Å². The van der Waals surface area contributed by atoms with Crippen molar-refractivity contribution in [3.8, 4) is 0 Å². The molecule has 0 radical (unpaired) electrons. The van der Waals surface area contributed by atoms with E-state index in [1.165, 1.54) is 0 Å². The Labute approximate surface area is 84.8 Å². The van der Waals surface area contributed by atoms with Crippen molar-refractivity contribution < 1.29 is 9.53 Å². The molecule has 0 saturated carbocycles. The fourth-order valence-corrected chi connectivity index (χ4v) is 1.61. The highest BCUT2D eigenvalue weighted by Crippen LogP contribution is 2.18. The van der Waals surface area contributed by atoms with Gasteiger partial charge in [-0.2, -0.15) is 0 Å². The molecule has 13 heavy (non-hydrogen) atoms. The molecular formula is C9H17NO2S. The lowest BCUT2D eigenvalue weighted by Gasteiger charge is -2.24. The Morgan fingerprint density at radius 1 is 1.54 bits per heavy atom. The summed E-state index contributed by atoms with van der Waals surface area (Å²) in [5.74, 6) is 0.726. The molecule has 76 valence electrons. The minimum Gasteiger partial charge on any atom is -0.381 e. The molecule has 0 atom stereocenters. The second-order valence-corrected chi connectivity index (χ2v) is 3.93. The van der Waals surface area contributed by atoms with Crippen LogP contribution in [-0.2, 0) is 4.74 Å². The largest absolute Gasteiger partial charge is 0.381 e. The van der Waals surface area contributed by atoms with Crippen LogP contribution in [0.25, 0.3) is 0 Å². The first-order valence-electron chi connectivity index (χ1n) is 4.72. The predicted octanol–water partition coefficient (Wildman–Crippen LogP) is 1.78. The third-order valence-corrected chi connectivity index (χ3v) is 2.88. The molecule has 1 amide bonds. The van der Waals surface area contributed by atoms with Crippen LogP contribution in [-0.4, -0.2) is 36.9 Å². The fraction of sp³-hybridized carbons (Fsp3) is 0.889. The smallest absolute Gasteiger partial charge is 0.278 e. The third kappa shape index (κ3) is 4.00. The number of rotatable bonds is 3. The summed E-state index contributed by atoms with van der Waals surface area (Å²) >= 11 is 3.75. The molecule has 0 aromatic rings. The van der Waals surface area contributed by atoms with Crippen molar-refractivity contribution in [2.45, 2.75) is 19.3 Å². The molecular weight excluding hydrogens is 186 g/mol. The van der Waals surface area contributed by atoms with E-state index in [1.807, 2.05) is 0 Å². The topological polar surface area (TPSA) is 29.5 Å². The van der Waals surface area contributed by atoms with Crippen molar-refractivity contribution in [3.05, 3.63) is 0 Å². The van der Waals surface area contributed by atoms with Gasteiger partial charge in [-0.15, -0.1) is 0 Å². The van der Waals surface area contributed by atoms with Gasteiger partial charge in [0.1, 0.15) is 0 Å². The molecule has 1 rings (SSSR count). The lowest BCUT2D eigenvalue weighted by molar-refractivity contribution is 0.0622. The van der Waals surface area contributed by atoms with Gasteiger partial charge in [-0.3, -0.25) is 4.79 Å². The van der Waals surface area contributed by atoms with Gasteiger partial charge in [0.15, 0.2) is 0 Å². The molecule has 1 aliphatic heterocycles. The van der Waals surface area contributed by atoms with Crippen molar-refractivity contribution in [1.29, 1.82) is 0 Å². The molecule has 0 aromatic carbocycles. The van der Waals surface area contributed by atoms with E-state index >= 15 is 0 Å². The highest BCUT2D eigenvalue weighted by Gasteiger charge is 2.14. The van der Waals surface area contributed by atoms with Crippen molar-refractivity contribution in [2.24, 2.45) is 5.92 Å². The number of ether oxygens (including phenoxy) is 1. The van der Waals surface area contributed by atoms with Crippen LogP contribution in [0.15, 0.2) is 0 Å². The highest BCUT2D eigenvalue weighted by atomic mass is 32.1. The third-order valence-electron chi connectivity index (χ3n) is 2.54. The predicted molar refractivity (Wildman–Crippen MR) is 55.2 cm³/mol. The second-order valence-electron chi connectivity index (χ2n) is 3.55. The van der Waals surface area contributed by atoms with E-state index in [0.29, 0.717) is 0 Å². The first-order valence-corrected chi connectivity index (χ1v) is 5.16. The van der Waals surface area contributed by atoms with Crippen LogP contribution in [0.4, 0.5) is 4.79 Å². The Bertz CT molecular complexity index is 169. The van der Waals surface area contributed by atoms with Gasteiger partial charge in [0.25, 0.3) is 5.24 Å². The maximum atomic E-state index is 10.8. The zero-order valence-electron chi connectivity index (χ0n) is 8.03. The maximum Gasteiger partial charge on any atom is 0.278 e. The molecule has 0 spiro atoms. The Morgan fingerprint density at radius 3 is 2.69 bits per heavy atom. The Kier molecular flexibility index (Phi) is 4.59.